The molecule has 2 rings (SSSR count). The molecule has 19 heavy (non-hydrogen) atoms. The highest BCUT2D eigenvalue weighted by Crippen LogP contribution is 2.20. The summed E-state index contributed by atoms with van der Waals surface area (Å²) in [6.45, 7) is 1.70. The van der Waals surface area contributed by atoms with E-state index in [4.69, 9.17) is 10.00 Å². The van der Waals surface area contributed by atoms with Gasteiger partial charge in [-0.05, 0) is 36.4 Å². The highest BCUT2D eigenvalue weighted by Gasteiger charge is 2.18. The second-order valence-electron chi connectivity index (χ2n) is 4.37. The standard InChI is InChI=1S/C14H16N2O2S/c15-8-11-3-5-12(6-4-11)16-14(17)2-1-7-19-13-9-18-10-13/h3-6,13H,1-2,7,9-10H2,(H,16,17). The van der Waals surface area contributed by atoms with Gasteiger partial charge >= 0.3 is 0 Å². The van der Waals surface area contributed by atoms with Gasteiger partial charge in [-0.1, -0.05) is 0 Å². The van der Waals surface area contributed by atoms with Gasteiger partial charge in [-0.3, -0.25) is 4.79 Å². The van der Waals surface area contributed by atoms with Crippen LogP contribution in [0.15, 0.2) is 24.3 Å². The zero-order valence-corrected chi connectivity index (χ0v) is 11.4. The van der Waals surface area contributed by atoms with Crippen molar-refractivity contribution in [2.75, 3.05) is 24.3 Å². The number of carbonyl (C=O) groups is 1. The summed E-state index contributed by atoms with van der Waals surface area (Å²) in [7, 11) is 0. The molecule has 0 aliphatic carbocycles. The highest BCUT2D eigenvalue weighted by molar-refractivity contribution is 8.00. The quantitative estimate of drug-likeness (QED) is 0.810. The van der Waals surface area contributed by atoms with Crippen LogP contribution in [0.1, 0.15) is 18.4 Å². The summed E-state index contributed by atoms with van der Waals surface area (Å²) < 4.78 is 5.09. The summed E-state index contributed by atoms with van der Waals surface area (Å²) >= 11 is 1.88. The molecular formula is C14H16N2O2S. The van der Waals surface area contributed by atoms with Gasteiger partial charge in [-0.25, -0.2) is 0 Å². The number of rotatable bonds is 6. The molecule has 1 aromatic carbocycles. The summed E-state index contributed by atoms with van der Waals surface area (Å²) in [4.78, 5) is 11.7. The van der Waals surface area contributed by atoms with E-state index < -0.39 is 0 Å². The Morgan fingerprint density at radius 1 is 1.42 bits per heavy atom. The number of nitrogens with one attached hydrogen (secondary N) is 1. The van der Waals surface area contributed by atoms with E-state index in [1.807, 2.05) is 17.8 Å². The van der Waals surface area contributed by atoms with Gasteiger partial charge in [0.1, 0.15) is 0 Å². The molecule has 1 aromatic rings. The zero-order chi connectivity index (χ0) is 13.5. The average Bonchev–Trinajstić information content (AvgIpc) is 2.37. The highest BCUT2D eigenvalue weighted by atomic mass is 32.2. The largest absolute Gasteiger partial charge is 0.379 e. The lowest BCUT2D eigenvalue weighted by Gasteiger charge is -2.25. The van der Waals surface area contributed by atoms with Crippen molar-refractivity contribution in [1.82, 2.24) is 0 Å². The van der Waals surface area contributed by atoms with Crippen LogP contribution in [0.2, 0.25) is 0 Å². The van der Waals surface area contributed by atoms with Crippen molar-refractivity contribution < 1.29 is 9.53 Å². The van der Waals surface area contributed by atoms with Crippen molar-refractivity contribution in [3.8, 4) is 6.07 Å². The molecule has 1 aliphatic heterocycles. The number of ether oxygens (including phenoxy) is 1. The predicted molar refractivity (Wildman–Crippen MR) is 76.1 cm³/mol. The van der Waals surface area contributed by atoms with Crippen LogP contribution in [-0.4, -0.2) is 30.1 Å². The minimum Gasteiger partial charge on any atom is -0.379 e. The van der Waals surface area contributed by atoms with E-state index in [0.717, 1.165) is 31.1 Å². The SMILES string of the molecule is N#Cc1ccc(NC(=O)CCCSC2COC2)cc1. The van der Waals surface area contributed by atoms with Gasteiger partial charge in [0.2, 0.25) is 5.91 Å². The number of benzene rings is 1. The van der Waals surface area contributed by atoms with Crippen molar-refractivity contribution in [3.63, 3.8) is 0 Å². The molecule has 4 nitrogen and oxygen atoms in total. The van der Waals surface area contributed by atoms with Crippen molar-refractivity contribution in [2.45, 2.75) is 18.1 Å². The first-order valence-electron chi connectivity index (χ1n) is 6.27. The van der Waals surface area contributed by atoms with E-state index in [-0.39, 0.29) is 5.91 Å². The fourth-order valence-electron chi connectivity index (χ4n) is 1.64. The Balaban J connectivity index is 1.64. The summed E-state index contributed by atoms with van der Waals surface area (Å²) in [5, 5.41) is 12.1. The van der Waals surface area contributed by atoms with E-state index >= 15 is 0 Å². The topological polar surface area (TPSA) is 62.1 Å². The van der Waals surface area contributed by atoms with E-state index in [1.165, 1.54) is 0 Å². The molecule has 1 saturated heterocycles. The fraction of sp³-hybridized carbons (Fsp3) is 0.429. The molecule has 1 heterocycles. The molecule has 0 unspecified atom stereocenters. The maximum atomic E-state index is 11.7. The molecule has 1 N–H and O–H groups in total. The molecule has 1 fully saturated rings. The number of thioether (sulfide) groups is 1. The summed E-state index contributed by atoms with van der Waals surface area (Å²) in [5.74, 6) is 1.02. The minimum absolute atomic E-state index is 0.0233. The minimum atomic E-state index is 0.0233. The van der Waals surface area contributed by atoms with E-state index in [0.29, 0.717) is 17.2 Å². The first-order valence-corrected chi connectivity index (χ1v) is 7.32. The molecule has 100 valence electrons. The molecule has 5 heteroatoms. The summed E-state index contributed by atoms with van der Waals surface area (Å²) in [6, 6.07) is 8.93. The lowest BCUT2D eigenvalue weighted by Crippen LogP contribution is -2.30. The number of amides is 1. The maximum Gasteiger partial charge on any atom is 0.224 e. The number of nitriles is 1. The lowest BCUT2D eigenvalue weighted by atomic mass is 10.2. The van der Waals surface area contributed by atoms with Gasteiger partial charge in [0, 0.05) is 12.1 Å². The monoisotopic (exact) mass is 276 g/mol. The zero-order valence-electron chi connectivity index (χ0n) is 10.6. The predicted octanol–water partition coefficient (Wildman–Crippen LogP) is 2.41. The number of carbonyl (C=O) groups excluding carboxylic acids is 1. The van der Waals surface area contributed by atoms with Crippen LogP contribution in [0, 0.1) is 11.3 Å². The van der Waals surface area contributed by atoms with Crippen LogP contribution in [0.3, 0.4) is 0 Å². The van der Waals surface area contributed by atoms with Crippen LogP contribution in [0.4, 0.5) is 5.69 Å². The first-order chi connectivity index (χ1) is 9.28. The van der Waals surface area contributed by atoms with Crippen LogP contribution in [-0.2, 0) is 9.53 Å². The molecule has 0 aromatic heterocycles. The molecule has 0 radical (unpaired) electrons. The molecular weight excluding hydrogens is 260 g/mol. The van der Waals surface area contributed by atoms with Gasteiger partial charge < -0.3 is 10.1 Å². The van der Waals surface area contributed by atoms with Crippen LogP contribution in [0.5, 0.6) is 0 Å². The third-order valence-electron chi connectivity index (χ3n) is 2.81. The van der Waals surface area contributed by atoms with E-state index in [1.54, 1.807) is 24.3 Å². The van der Waals surface area contributed by atoms with Crippen LogP contribution >= 0.6 is 11.8 Å². The normalized spacial score (nSPS) is 14.5. The maximum absolute atomic E-state index is 11.7. The van der Waals surface area contributed by atoms with Crippen molar-refractivity contribution >= 4 is 23.4 Å². The Kier molecular flexibility index (Phi) is 5.25. The summed E-state index contributed by atoms with van der Waals surface area (Å²) in [6.07, 6.45) is 1.41. The van der Waals surface area contributed by atoms with Gasteiger partial charge in [0.15, 0.2) is 0 Å². The lowest BCUT2D eigenvalue weighted by molar-refractivity contribution is -0.116. The van der Waals surface area contributed by atoms with Gasteiger partial charge in [0.05, 0.1) is 30.1 Å². The fourth-order valence-corrected chi connectivity index (χ4v) is 2.67. The second kappa shape index (κ2) is 7.17. The van der Waals surface area contributed by atoms with Crippen molar-refractivity contribution in [3.05, 3.63) is 29.8 Å². The molecule has 0 saturated carbocycles. The van der Waals surface area contributed by atoms with Gasteiger partial charge in [-0.15, -0.1) is 0 Å². The van der Waals surface area contributed by atoms with Gasteiger partial charge in [-0.2, -0.15) is 17.0 Å². The average molecular weight is 276 g/mol. The Morgan fingerprint density at radius 2 is 2.16 bits per heavy atom. The Morgan fingerprint density at radius 3 is 2.74 bits per heavy atom. The van der Waals surface area contributed by atoms with Crippen molar-refractivity contribution in [2.24, 2.45) is 0 Å². The van der Waals surface area contributed by atoms with Crippen molar-refractivity contribution in [1.29, 1.82) is 5.26 Å². The third kappa shape index (κ3) is 4.58. The molecule has 1 aliphatic rings. The Labute approximate surface area is 117 Å². The number of hydrogen-bond donors (Lipinski definition) is 1. The Bertz CT molecular complexity index is 463. The van der Waals surface area contributed by atoms with Crippen LogP contribution in [0.25, 0.3) is 0 Å². The number of hydrogen-bond acceptors (Lipinski definition) is 4. The molecule has 1 amide bonds. The Hall–Kier alpha value is -1.51. The number of nitrogens with zero attached hydrogens (tertiary/aromatic N) is 1. The third-order valence-corrected chi connectivity index (χ3v) is 4.07. The number of anilines is 1. The summed E-state index contributed by atoms with van der Waals surface area (Å²) in [5.41, 5.74) is 1.33. The molecule has 0 spiro atoms. The van der Waals surface area contributed by atoms with Crippen LogP contribution < -0.4 is 5.32 Å². The molecule has 0 atom stereocenters. The second-order valence-corrected chi connectivity index (χ2v) is 5.78. The van der Waals surface area contributed by atoms with E-state index in [2.05, 4.69) is 5.32 Å². The van der Waals surface area contributed by atoms with E-state index in [9.17, 15) is 4.79 Å². The van der Waals surface area contributed by atoms with Gasteiger partial charge in [0.25, 0.3) is 0 Å². The first kappa shape index (κ1) is 13.9. The smallest absolute Gasteiger partial charge is 0.224 e. The molecule has 0 bridgehead atoms.